The Labute approximate surface area is 213 Å². The number of carbonyl (C=O) groups excluding carboxylic acids is 2. The molecule has 0 spiro atoms. The lowest BCUT2D eigenvalue weighted by molar-refractivity contribution is -0.120. The van der Waals surface area contributed by atoms with Crippen molar-refractivity contribution in [3.8, 4) is 0 Å². The molecular weight excluding hydrogens is 462 g/mol. The zero-order valence-electron chi connectivity index (χ0n) is 21.8. The highest BCUT2D eigenvalue weighted by molar-refractivity contribution is 5.85. The van der Waals surface area contributed by atoms with Crippen LogP contribution in [-0.4, -0.2) is 61.0 Å². The quantitative estimate of drug-likeness (QED) is 0.547. The molecule has 0 aromatic heterocycles. The first-order valence-corrected chi connectivity index (χ1v) is 12.6. The normalized spacial score (nSPS) is 14.8. The lowest BCUT2D eigenvalue weighted by Crippen LogP contribution is -2.55. The van der Waals surface area contributed by atoms with Gasteiger partial charge in [-0.25, -0.2) is 13.6 Å². The number of nitrogens with zero attached hydrogens (tertiary/aromatic N) is 2. The maximum absolute atomic E-state index is 12.9. The van der Waals surface area contributed by atoms with Crippen molar-refractivity contribution in [2.24, 2.45) is 11.7 Å². The van der Waals surface area contributed by atoms with Gasteiger partial charge in [0.1, 0.15) is 17.7 Å². The smallest absolute Gasteiger partial charge is 0.318 e. The third kappa shape index (κ3) is 9.57. The Morgan fingerprint density at radius 3 is 1.78 bits per heavy atom. The Hall–Kier alpha value is -3.00. The predicted octanol–water partition coefficient (Wildman–Crippen LogP) is 4.74. The van der Waals surface area contributed by atoms with Crippen molar-refractivity contribution in [1.82, 2.24) is 15.1 Å². The number of urea groups is 1. The Morgan fingerprint density at radius 1 is 0.917 bits per heavy atom. The average Bonchev–Trinajstić information content (AvgIpc) is 2.84. The number of nitrogens with two attached hydrogens (primary N) is 1. The van der Waals surface area contributed by atoms with Crippen molar-refractivity contribution in [2.45, 2.75) is 52.0 Å². The van der Waals surface area contributed by atoms with Gasteiger partial charge in [0.05, 0.1) is 0 Å². The largest absolute Gasteiger partial charge is 0.368 e. The van der Waals surface area contributed by atoms with E-state index in [1.807, 2.05) is 20.9 Å². The summed E-state index contributed by atoms with van der Waals surface area (Å²) in [5.41, 5.74) is 7.45. The molecule has 3 amide bonds. The van der Waals surface area contributed by atoms with E-state index in [0.717, 1.165) is 37.1 Å². The first-order chi connectivity index (χ1) is 17.1. The molecule has 2 aromatic rings. The van der Waals surface area contributed by atoms with E-state index in [1.54, 1.807) is 29.2 Å². The van der Waals surface area contributed by atoms with E-state index in [1.165, 1.54) is 24.3 Å². The van der Waals surface area contributed by atoms with Gasteiger partial charge in [0.15, 0.2) is 0 Å². The third-order valence-electron chi connectivity index (χ3n) is 6.26. The summed E-state index contributed by atoms with van der Waals surface area (Å²) >= 11 is 0. The van der Waals surface area contributed by atoms with Gasteiger partial charge in [-0.2, -0.15) is 0 Å². The fourth-order valence-electron chi connectivity index (χ4n) is 4.17. The van der Waals surface area contributed by atoms with Crippen LogP contribution in [0, 0.1) is 17.6 Å². The van der Waals surface area contributed by atoms with Crippen LogP contribution in [0.2, 0.25) is 0 Å². The number of likely N-dealkylation sites (N-methyl/N-ethyl adjacent to an activating group) is 1. The Bertz CT molecular complexity index is 898. The molecule has 1 atom stereocenters. The summed E-state index contributed by atoms with van der Waals surface area (Å²) in [7, 11) is 2.03. The molecule has 3 N–H and O–H groups in total. The average molecular weight is 503 g/mol. The zero-order chi connectivity index (χ0) is 26.7. The molecule has 36 heavy (non-hydrogen) atoms. The Balaban J connectivity index is 0.000000254. The van der Waals surface area contributed by atoms with Crippen LogP contribution >= 0.6 is 0 Å². The topological polar surface area (TPSA) is 78.7 Å². The molecule has 0 unspecified atom stereocenters. The maximum Gasteiger partial charge on any atom is 0.318 e. The van der Waals surface area contributed by atoms with E-state index in [0.29, 0.717) is 25.4 Å². The first kappa shape index (κ1) is 29.2. The van der Waals surface area contributed by atoms with Crippen molar-refractivity contribution in [3.05, 3.63) is 71.3 Å². The maximum atomic E-state index is 12.9. The van der Waals surface area contributed by atoms with Crippen LogP contribution in [0.5, 0.6) is 0 Å². The fourth-order valence-corrected chi connectivity index (χ4v) is 4.17. The predicted molar refractivity (Wildman–Crippen MR) is 140 cm³/mol. The second-order valence-corrected chi connectivity index (χ2v) is 9.77. The standard InChI is InChI=1S/C16H16F2.C12H24N4O2/c1-2-3-16(12-4-8-14(17)9-5-12)13-6-10-15(18)11-7-13;1-9(2)8-10(11(13)17)14-12(18)16-6-4-15(3)5-7-16/h4-11,16H,2-3H2,1H3;9-10H,4-8H2,1-3H3,(H2,13,17)(H,14,18)/t;10-/m.0/s1. The minimum absolute atomic E-state index is 0.187. The van der Waals surface area contributed by atoms with Gasteiger partial charge in [0.25, 0.3) is 0 Å². The zero-order valence-corrected chi connectivity index (χ0v) is 21.8. The molecule has 1 fully saturated rings. The van der Waals surface area contributed by atoms with E-state index in [-0.39, 0.29) is 23.6 Å². The summed E-state index contributed by atoms with van der Waals surface area (Å²) in [4.78, 5) is 27.2. The van der Waals surface area contributed by atoms with Crippen LogP contribution in [0.25, 0.3) is 0 Å². The molecule has 198 valence electrons. The van der Waals surface area contributed by atoms with E-state index >= 15 is 0 Å². The number of carbonyl (C=O) groups is 2. The van der Waals surface area contributed by atoms with E-state index in [2.05, 4.69) is 17.1 Å². The van der Waals surface area contributed by atoms with Gasteiger partial charge in [-0.3, -0.25) is 4.79 Å². The molecule has 0 aliphatic carbocycles. The molecular formula is C28H40F2N4O2. The third-order valence-corrected chi connectivity index (χ3v) is 6.26. The van der Waals surface area contributed by atoms with Crippen molar-refractivity contribution in [3.63, 3.8) is 0 Å². The number of piperazine rings is 1. The number of amides is 3. The van der Waals surface area contributed by atoms with Crippen molar-refractivity contribution >= 4 is 11.9 Å². The summed E-state index contributed by atoms with van der Waals surface area (Å²) in [6.45, 7) is 9.21. The number of halogens is 2. The molecule has 0 bridgehead atoms. The second kappa shape index (κ2) is 14.5. The molecule has 8 heteroatoms. The van der Waals surface area contributed by atoms with Crippen LogP contribution < -0.4 is 11.1 Å². The van der Waals surface area contributed by atoms with Gasteiger partial charge in [-0.15, -0.1) is 0 Å². The molecule has 6 nitrogen and oxygen atoms in total. The second-order valence-electron chi connectivity index (χ2n) is 9.77. The van der Waals surface area contributed by atoms with Gasteiger partial charge >= 0.3 is 6.03 Å². The molecule has 1 aliphatic rings. The van der Waals surface area contributed by atoms with Gasteiger partial charge in [0.2, 0.25) is 5.91 Å². The number of rotatable bonds is 8. The summed E-state index contributed by atoms with van der Waals surface area (Å²) < 4.78 is 25.9. The molecule has 1 heterocycles. The van der Waals surface area contributed by atoms with Gasteiger partial charge in [0, 0.05) is 32.1 Å². The molecule has 3 rings (SSSR count). The lowest BCUT2D eigenvalue weighted by atomic mass is 9.88. The van der Waals surface area contributed by atoms with Gasteiger partial charge in [-0.05, 0) is 61.2 Å². The highest BCUT2D eigenvalue weighted by atomic mass is 19.1. The van der Waals surface area contributed by atoms with Gasteiger partial charge in [-0.1, -0.05) is 51.5 Å². The van der Waals surface area contributed by atoms with Crippen LogP contribution in [0.1, 0.15) is 57.1 Å². The summed E-state index contributed by atoms with van der Waals surface area (Å²) in [6, 6.07) is 12.4. The van der Waals surface area contributed by atoms with Crippen molar-refractivity contribution < 1.29 is 18.4 Å². The summed E-state index contributed by atoms with van der Waals surface area (Å²) in [5, 5.41) is 2.73. The van der Waals surface area contributed by atoms with E-state index in [9.17, 15) is 18.4 Å². The van der Waals surface area contributed by atoms with Gasteiger partial charge < -0.3 is 20.9 Å². The molecule has 1 aliphatic heterocycles. The number of hydrogen-bond donors (Lipinski definition) is 2. The molecule has 0 saturated carbocycles. The van der Waals surface area contributed by atoms with Crippen molar-refractivity contribution in [2.75, 3.05) is 33.2 Å². The molecule has 0 radical (unpaired) electrons. The SMILES string of the molecule is CC(C)C[C@H](NC(=O)N1CCN(C)CC1)C(N)=O.CCCC(c1ccc(F)cc1)c1ccc(F)cc1. The molecule has 2 aromatic carbocycles. The summed E-state index contributed by atoms with van der Waals surface area (Å²) in [6.07, 6.45) is 2.57. The Kier molecular flexibility index (Phi) is 11.8. The number of nitrogens with one attached hydrogen (secondary N) is 1. The monoisotopic (exact) mass is 502 g/mol. The number of primary amides is 1. The fraction of sp³-hybridized carbons (Fsp3) is 0.500. The highest BCUT2D eigenvalue weighted by Crippen LogP contribution is 2.29. The minimum Gasteiger partial charge on any atom is -0.368 e. The minimum atomic E-state index is -0.572. The lowest BCUT2D eigenvalue weighted by Gasteiger charge is -2.33. The number of hydrogen-bond acceptors (Lipinski definition) is 3. The highest BCUT2D eigenvalue weighted by Gasteiger charge is 2.24. The Morgan fingerprint density at radius 2 is 1.39 bits per heavy atom. The molecule has 1 saturated heterocycles. The van der Waals surface area contributed by atoms with Crippen LogP contribution in [0.4, 0.5) is 13.6 Å². The van der Waals surface area contributed by atoms with Crippen molar-refractivity contribution in [1.29, 1.82) is 0 Å². The van der Waals surface area contributed by atoms with Crippen LogP contribution in [0.15, 0.2) is 48.5 Å². The summed E-state index contributed by atoms with van der Waals surface area (Å²) in [5.74, 6) is -0.404. The first-order valence-electron chi connectivity index (χ1n) is 12.6. The van der Waals surface area contributed by atoms with E-state index < -0.39 is 11.9 Å². The number of benzene rings is 2. The van der Waals surface area contributed by atoms with Crippen LogP contribution in [0.3, 0.4) is 0 Å². The van der Waals surface area contributed by atoms with Crippen LogP contribution in [-0.2, 0) is 4.79 Å². The van der Waals surface area contributed by atoms with E-state index in [4.69, 9.17) is 5.73 Å².